The van der Waals surface area contributed by atoms with Crippen LogP contribution in [0.25, 0.3) is 0 Å². The molecule has 40 heavy (non-hydrogen) atoms. The minimum atomic E-state index is -1.18. The first-order chi connectivity index (χ1) is 18.9. The molecule has 2 aromatic rings. The molecule has 7 heteroatoms. The summed E-state index contributed by atoms with van der Waals surface area (Å²) in [5.74, 6) is 0.139. The number of carbonyl (C=O) groups is 2. The van der Waals surface area contributed by atoms with Gasteiger partial charge in [-0.3, -0.25) is 0 Å². The van der Waals surface area contributed by atoms with E-state index < -0.39 is 14.0 Å². The average molecular weight is 565 g/mol. The maximum Gasteiger partial charge on any atom is 0.342 e. The van der Waals surface area contributed by atoms with Gasteiger partial charge in [0, 0.05) is 30.3 Å². The van der Waals surface area contributed by atoms with Crippen molar-refractivity contribution in [2.24, 2.45) is 0 Å². The Morgan fingerprint density at radius 3 is 1.80 bits per heavy atom. The molecule has 0 bridgehead atoms. The summed E-state index contributed by atoms with van der Waals surface area (Å²) in [6, 6.07) is 1.07. The molecule has 0 aromatic heterocycles. The summed E-state index contributed by atoms with van der Waals surface area (Å²) >= 11 is 0. The third-order valence-corrected chi connectivity index (χ3v) is 9.48. The maximum absolute atomic E-state index is 12.2. The van der Waals surface area contributed by atoms with Crippen LogP contribution in [-0.4, -0.2) is 31.7 Å². The number of aromatic hydroxyl groups is 1. The van der Waals surface area contributed by atoms with E-state index in [1.807, 2.05) is 19.9 Å². The van der Waals surface area contributed by atoms with E-state index in [2.05, 4.69) is 46.6 Å². The van der Waals surface area contributed by atoms with Gasteiger partial charge in [0.2, 0.25) is 0 Å². The largest absolute Gasteiger partial charge is 0.507 e. The average Bonchev–Trinajstić information content (AvgIpc) is 3.48. The predicted octanol–water partition coefficient (Wildman–Crippen LogP) is 7.34. The summed E-state index contributed by atoms with van der Waals surface area (Å²) in [5, 5.41) is 10.2. The van der Waals surface area contributed by atoms with Crippen LogP contribution < -0.4 is 4.74 Å². The fourth-order valence-electron chi connectivity index (χ4n) is 5.57. The Morgan fingerprint density at radius 2 is 1.30 bits per heavy atom. The molecule has 1 N–H and O–H groups in total. The summed E-state index contributed by atoms with van der Waals surface area (Å²) in [6.45, 7) is 24.1. The highest BCUT2D eigenvalue weighted by Crippen LogP contribution is 2.40. The van der Waals surface area contributed by atoms with Crippen LogP contribution in [-0.2, 0) is 48.4 Å². The number of carbonyl (C=O) groups excluding carboxylic acids is 2. The highest BCUT2D eigenvalue weighted by atomic mass is 28.3. The quantitative estimate of drug-likeness (QED) is 0.185. The number of hydrogen-bond acceptors (Lipinski definition) is 6. The van der Waals surface area contributed by atoms with E-state index in [-0.39, 0.29) is 18.3 Å². The van der Waals surface area contributed by atoms with Crippen molar-refractivity contribution < 1.29 is 28.9 Å². The lowest BCUT2D eigenvalue weighted by Crippen LogP contribution is -2.23. The van der Waals surface area contributed by atoms with E-state index in [1.165, 1.54) is 11.1 Å². The van der Waals surface area contributed by atoms with E-state index in [4.69, 9.17) is 14.2 Å². The molecule has 0 aliphatic carbocycles. The molecule has 0 atom stereocenters. The third-order valence-electron chi connectivity index (χ3n) is 7.77. The second-order valence-corrected chi connectivity index (χ2v) is 17.2. The lowest BCUT2D eigenvalue weighted by Gasteiger charge is -2.21. The topological polar surface area (TPSA) is 82.1 Å². The molecule has 2 aliphatic heterocycles. The van der Waals surface area contributed by atoms with Crippen molar-refractivity contribution in [1.29, 1.82) is 0 Å². The van der Waals surface area contributed by atoms with Gasteiger partial charge in [0.1, 0.15) is 35.8 Å². The van der Waals surface area contributed by atoms with Crippen LogP contribution in [0.1, 0.15) is 79.1 Å². The Balaban J connectivity index is 0.000000230. The molecule has 2 aromatic carbocycles. The minimum Gasteiger partial charge on any atom is -0.507 e. The minimum absolute atomic E-state index is 0.0739. The number of ether oxygens (including phenoxy) is 3. The molecule has 0 saturated carbocycles. The van der Waals surface area contributed by atoms with Crippen LogP contribution in [0.5, 0.6) is 11.5 Å². The monoisotopic (exact) mass is 564 g/mol. The summed E-state index contributed by atoms with van der Waals surface area (Å²) in [4.78, 5) is 23.8. The van der Waals surface area contributed by atoms with Gasteiger partial charge in [-0.15, -0.1) is 13.2 Å². The van der Waals surface area contributed by atoms with Gasteiger partial charge in [-0.25, -0.2) is 9.59 Å². The maximum atomic E-state index is 12.2. The van der Waals surface area contributed by atoms with Crippen LogP contribution >= 0.6 is 0 Å². The van der Waals surface area contributed by atoms with Gasteiger partial charge in [-0.1, -0.05) is 45.6 Å². The number of fused-ring (bicyclic) bond motifs is 2. The summed E-state index contributed by atoms with van der Waals surface area (Å²) in [5.41, 5.74) is 9.32. The first kappa shape index (κ1) is 31.2. The molecular formula is C33H44O6Si. The van der Waals surface area contributed by atoms with Crippen molar-refractivity contribution >= 4 is 20.0 Å². The number of esters is 2. The second-order valence-electron chi connectivity index (χ2n) is 11.6. The Morgan fingerprint density at radius 1 is 0.825 bits per heavy atom. The number of benzene rings is 2. The standard InChI is InChI=1S/C19H28O3Si.C14H16O3/c1-7-9-15-14(8-2)13(3)16-12-22-19(20)17(16)18(15)21-10-11-23(4,5)6;1-4-6-10-9(5-2)8(3)11-7-17-14(16)12(11)13(10)15/h7H,1,8-12H2,2-6H3;4,15H,1,5-7H2,2-3H3. The van der Waals surface area contributed by atoms with Crippen molar-refractivity contribution in [3.05, 3.63) is 80.9 Å². The van der Waals surface area contributed by atoms with E-state index in [9.17, 15) is 14.7 Å². The van der Waals surface area contributed by atoms with E-state index >= 15 is 0 Å². The van der Waals surface area contributed by atoms with Crippen LogP contribution in [0.4, 0.5) is 0 Å². The molecule has 2 heterocycles. The molecule has 0 saturated heterocycles. The zero-order valence-corrected chi connectivity index (χ0v) is 26.2. The molecule has 4 rings (SSSR count). The zero-order chi connectivity index (χ0) is 29.8. The highest BCUT2D eigenvalue weighted by Gasteiger charge is 2.32. The summed E-state index contributed by atoms with van der Waals surface area (Å²) < 4.78 is 16.4. The van der Waals surface area contributed by atoms with Crippen molar-refractivity contribution in [1.82, 2.24) is 0 Å². The molecule has 0 unspecified atom stereocenters. The number of phenols is 1. The smallest absolute Gasteiger partial charge is 0.342 e. The molecule has 0 fully saturated rings. The van der Waals surface area contributed by atoms with Gasteiger partial charge in [0.05, 0.1) is 6.61 Å². The lowest BCUT2D eigenvalue weighted by molar-refractivity contribution is 0.0523. The Bertz CT molecular complexity index is 1330. The Hall–Kier alpha value is -3.32. The van der Waals surface area contributed by atoms with Gasteiger partial charge in [0.25, 0.3) is 0 Å². The lowest BCUT2D eigenvalue weighted by atomic mass is 9.89. The van der Waals surface area contributed by atoms with Crippen molar-refractivity contribution in [3.8, 4) is 11.5 Å². The molecule has 2 aliphatic rings. The summed E-state index contributed by atoms with van der Waals surface area (Å²) in [6.07, 6.45) is 6.64. The number of rotatable bonds is 10. The van der Waals surface area contributed by atoms with Crippen LogP contribution in [0.15, 0.2) is 25.3 Å². The second kappa shape index (κ2) is 12.9. The van der Waals surface area contributed by atoms with E-state index in [1.54, 1.807) is 6.08 Å². The highest BCUT2D eigenvalue weighted by molar-refractivity contribution is 6.76. The first-order valence-electron chi connectivity index (χ1n) is 14.1. The fraction of sp³-hybridized carbons (Fsp3) is 0.455. The number of allylic oxidation sites excluding steroid dienone is 2. The van der Waals surface area contributed by atoms with E-state index in [0.717, 1.165) is 58.0 Å². The molecule has 0 amide bonds. The third kappa shape index (κ3) is 6.19. The summed E-state index contributed by atoms with van der Waals surface area (Å²) in [7, 11) is -1.18. The van der Waals surface area contributed by atoms with E-state index in [0.29, 0.717) is 37.2 Å². The van der Waals surface area contributed by atoms with Gasteiger partial charge < -0.3 is 19.3 Å². The fourth-order valence-corrected chi connectivity index (χ4v) is 6.28. The van der Waals surface area contributed by atoms with Gasteiger partial charge in [-0.2, -0.15) is 0 Å². The van der Waals surface area contributed by atoms with Gasteiger partial charge in [0.15, 0.2) is 0 Å². The van der Waals surface area contributed by atoms with Crippen molar-refractivity contribution in [2.75, 3.05) is 6.61 Å². The van der Waals surface area contributed by atoms with Crippen molar-refractivity contribution in [2.45, 2.75) is 92.3 Å². The number of cyclic esters (lactones) is 2. The zero-order valence-electron chi connectivity index (χ0n) is 25.2. The number of hydrogen-bond donors (Lipinski definition) is 1. The SMILES string of the molecule is C=CCc1c(CC)c(C)c2c(c1OCC[Si](C)(C)C)C(=O)OC2.C=CCc1c(O)c2c(c(C)c1CC)COC2=O. The predicted molar refractivity (Wildman–Crippen MR) is 162 cm³/mol. The molecule has 6 nitrogen and oxygen atoms in total. The first-order valence-corrected chi connectivity index (χ1v) is 17.8. The molecular weight excluding hydrogens is 520 g/mol. The molecule has 0 radical (unpaired) electrons. The van der Waals surface area contributed by atoms with Gasteiger partial charge >= 0.3 is 11.9 Å². The van der Waals surface area contributed by atoms with Crippen LogP contribution in [0, 0.1) is 13.8 Å². The van der Waals surface area contributed by atoms with Crippen LogP contribution in [0.3, 0.4) is 0 Å². The van der Waals surface area contributed by atoms with Gasteiger partial charge in [-0.05, 0) is 67.8 Å². The number of phenolic OH excluding ortho intramolecular Hbond substituents is 1. The Labute approximate surface area is 240 Å². The Kier molecular flexibility index (Phi) is 10.1. The molecule has 0 spiro atoms. The van der Waals surface area contributed by atoms with Crippen LogP contribution in [0.2, 0.25) is 25.7 Å². The normalized spacial score (nSPS) is 13.6. The molecule has 216 valence electrons. The van der Waals surface area contributed by atoms with Crippen molar-refractivity contribution in [3.63, 3.8) is 0 Å².